The minimum Gasteiger partial charge on any atom is -0.481 e. The van der Waals surface area contributed by atoms with Gasteiger partial charge in [0.25, 0.3) is 0 Å². The summed E-state index contributed by atoms with van der Waals surface area (Å²) >= 11 is 0. The number of nitrogens with zero attached hydrogens (tertiary/aromatic N) is 2. The second kappa shape index (κ2) is 6.69. The first-order valence-corrected chi connectivity index (χ1v) is 9.56. The van der Waals surface area contributed by atoms with Gasteiger partial charge in [0.1, 0.15) is 10.7 Å². The van der Waals surface area contributed by atoms with Crippen LogP contribution in [0.4, 0.5) is 19.0 Å². The van der Waals surface area contributed by atoms with Crippen LogP contribution in [0.3, 0.4) is 0 Å². The number of hydrogen-bond acceptors (Lipinski definition) is 5. The standard InChI is InChI=1S/C15H18F3N3O4S/c16-15(17,18)12-8-21(7-11(12)14(22)23)13-4-3-10(6-19-13)26(24,25)20-5-9-1-2-9/h3-4,6,9,11-12,20H,1-2,5,7-8H2,(H,22,23)/t11-,12-/m1/s1. The molecule has 2 heterocycles. The topological polar surface area (TPSA) is 99.6 Å². The third-order valence-electron chi connectivity index (χ3n) is 4.67. The second-order valence-corrected chi connectivity index (χ2v) is 8.41. The largest absolute Gasteiger partial charge is 0.481 e. The molecule has 2 N–H and O–H groups in total. The molecule has 0 radical (unpaired) electrons. The van der Waals surface area contributed by atoms with Crippen LogP contribution in [-0.2, 0) is 14.8 Å². The summed E-state index contributed by atoms with van der Waals surface area (Å²) in [6.45, 7) is -0.512. The van der Waals surface area contributed by atoms with Crippen LogP contribution in [0, 0.1) is 17.8 Å². The van der Waals surface area contributed by atoms with Crippen molar-refractivity contribution in [3.05, 3.63) is 18.3 Å². The molecule has 0 spiro atoms. The van der Waals surface area contributed by atoms with Crippen molar-refractivity contribution in [2.45, 2.75) is 23.9 Å². The first kappa shape index (κ1) is 18.9. The van der Waals surface area contributed by atoms with Gasteiger partial charge in [-0.25, -0.2) is 18.1 Å². The fraction of sp³-hybridized carbons (Fsp3) is 0.600. The molecule has 1 aromatic rings. The predicted molar refractivity (Wildman–Crippen MR) is 85.0 cm³/mol. The van der Waals surface area contributed by atoms with Gasteiger partial charge < -0.3 is 10.0 Å². The normalized spacial score (nSPS) is 24.0. The molecule has 0 amide bonds. The van der Waals surface area contributed by atoms with Crippen molar-refractivity contribution in [3.8, 4) is 0 Å². The van der Waals surface area contributed by atoms with Gasteiger partial charge in [0, 0.05) is 25.8 Å². The van der Waals surface area contributed by atoms with Gasteiger partial charge in [0.05, 0.1) is 11.8 Å². The van der Waals surface area contributed by atoms with Crippen LogP contribution in [0.25, 0.3) is 0 Å². The molecular weight excluding hydrogens is 375 g/mol. The maximum atomic E-state index is 13.0. The Hall–Kier alpha value is -1.88. The second-order valence-electron chi connectivity index (χ2n) is 6.65. The van der Waals surface area contributed by atoms with E-state index in [1.807, 2.05) is 0 Å². The van der Waals surface area contributed by atoms with E-state index in [1.54, 1.807) is 0 Å². The summed E-state index contributed by atoms with van der Waals surface area (Å²) in [5.41, 5.74) is 0. The SMILES string of the molecule is O=C(O)[C@@H]1CN(c2ccc(S(=O)(=O)NCC3CC3)cn2)C[C@H]1C(F)(F)F. The number of carboxylic acids is 1. The number of carboxylic acid groups (broad SMARTS) is 1. The van der Waals surface area contributed by atoms with Crippen LogP contribution in [0.1, 0.15) is 12.8 Å². The number of sulfonamides is 1. The van der Waals surface area contributed by atoms with Crippen molar-refractivity contribution in [3.63, 3.8) is 0 Å². The Kier molecular flexibility index (Phi) is 4.86. The van der Waals surface area contributed by atoms with Crippen molar-refractivity contribution in [1.29, 1.82) is 0 Å². The quantitative estimate of drug-likeness (QED) is 0.759. The van der Waals surface area contributed by atoms with Crippen LogP contribution >= 0.6 is 0 Å². The van der Waals surface area contributed by atoms with E-state index >= 15 is 0 Å². The molecule has 2 fully saturated rings. The van der Waals surface area contributed by atoms with Crippen molar-refractivity contribution in [2.75, 3.05) is 24.5 Å². The Morgan fingerprint density at radius 3 is 2.46 bits per heavy atom. The molecule has 1 saturated heterocycles. The molecule has 1 aliphatic heterocycles. The van der Waals surface area contributed by atoms with Gasteiger partial charge in [-0.15, -0.1) is 0 Å². The van der Waals surface area contributed by atoms with E-state index in [1.165, 1.54) is 17.0 Å². The Morgan fingerprint density at radius 2 is 2.00 bits per heavy atom. The minimum atomic E-state index is -4.63. The highest BCUT2D eigenvalue weighted by Crippen LogP contribution is 2.39. The van der Waals surface area contributed by atoms with E-state index in [2.05, 4.69) is 9.71 Å². The lowest BCUT2D eigenvalue weighted by atomic mass is 9.96. The summed E-state index contributed by atoms with van der Waals surface area (Å²) < 4.78 is 65.8. The van der Waals surface area contributed by atoms with Gasteiger partial charge in [0.2, 0.25) is 10.0 Å². The lowest BCUT2D eigenvalue weighted by Crippen LogP contribution is -2.33. The van der Waals surface area contributed by atoms with E-state index < -0.39 is 40.5 Å². The zero-order chi connectivity index (χ0) is 19.1. The smallest absolute Gasteiger partial charge is 0.394 e. The van der Waals surface area contributed by atoms with Crippen molar-refractivity contribution >= 4 is 21.8 Å². The van der Waals surface area contributed by atoms with Crippen LogP contribution in [0.5, 0.6) is 0 Å². The zero-order valence-electron chi connectivity index (χ0n) is 13.6. The molecule has 144 valence electrons. The lowest BCUT2D eigenvalue weighted by Gasteiger charge is -2.19. The van der Waals surface area contributed by atoms with Crippen LogP contribution in [0.2, 0.25) is 0 Å². The number of pyridine rings is 1. The summed E-state index contributed by atoms with van der Waals surface area (Å²) in [5.74, 6) is -4.62. The van der Waals surface area contributed by atoms with Gasteiger partial charge in [-0.05, 0) is 30.9 Å². The first-order chi connectivity index (χ1) is 12.1. The Morgan fingerprint density at radius 1 is 1.31 bits per heavy atom. The fourth-order valence-electron chi connectivity index (χ4n) is 2.92. The lowest BCUT2D eigenvalue weighted by molar-refractivity contribution is -0.187. The highest BCUT2D eigenvalue weighted by Gasteiger charge is 2.52. The highest BCUT2D eigenvalue weighted by molar-refractivity contribution is 7.89. The molecule has 1 aromatic heterocycles. The summed E-state index contributed by atoms with van der Waals surface area (Å²) in [6.07, 6.45) is -1.59. The summed E-state index contributed by atoms with van der Waals surface area (Å²) in [5, 5.41) is 9.04. The third kappa shape index (κ3) is 4.09. The van der Waals surface area contributed by atoms with E-state index in [0.29, 0.717) is 12.5 Å². The average molecular weight is 393 g/mol. The summed E-state index contributed by atoms with van der Waals surface area (Å²) in [4.78, 5) is 16.2. The number of nitrogens with one attached hydrogen (secondary N) is 1. The Balaban J connectivity index is 1.73. The van der Waals surface area contributed by atoms with Gasteiger partial charge in [-0.3, -0.25) is 4.79 Å². The Bertz CT molecular complexity index is 778. The molecular formula is C15H18F3N3O4S. The number of halogens is 3. The van der Waals surface area contributed by atoms with E-state index in [9.17, 15) is 26.4 Å². The summed E-state index contributed by atoms with van der Waals surface area (Å²) in [7, 11) is -3.72. The van der Waals surface area contributed by atoms with Gasteiger partial charge in [-0.2, -0.15) is 13.2 Å². The molecule has 3 rings (SSSR count). The van der Waals surface area contributed by atoms with Crippen molar-refractivity contribution in [2.24, 2.45) is 17.8 Å². The van der Waals surface area contributed by atoms with E-state index in [-0.39, 0.29) is 17.3 Å². The van der Waals surface area contributed by atoms with E-state index in [4.69, 9.17) is 5.11 Å². The number of alkyl halides is 3. The fourth-order valence-corrected chi connectivity index (χ4v) is 3.98. The van der Waals surface area contributed by atoms with Gasteiger partial charge in [-0.1, -0.05) is 0 Å². The molecule has 1 aliphatic carbocycles. The average Bonchev–Trinajstić information content (AvgIpc) is 3.27. The van der Waals surface area contributed by atoms with Crippen LogP contribution in [0.15, 0.2) is 23.2 Å². The molecule has 7 nitrogen and oxygen atoms in total. The zero-order valence-corrected chi connectivity index (χ0v) is 14.4. The number of anilines is 1. The molecule has 2 atom stereocenters. The van der Waals surface area contributed by atoms with Crippen LogP contribution < -0.4 is 9.62 Å². The number of hydrogen-bond donors (Lipinski definition) is 2. The van der Waals surface area contributed by atoms with Gasteiger partial charge >= 0.3 is 12.1 Å². The molecule has 0 bridgehead atoms. The molecule has 11 heteroatoms. The third-order valence-corrected chi connectivity index (χ3v) is 6.08. The first-order valence-electron chi connectivity index (χ1n) is 8.08. The maximum Gasteiger partial charge on any atom is 0.394 e. The molecule has 2 aliphatic rings. The van der Waals surface area contributed by atoms with Crippen LogP contribution in [-0.4, -0.2) is 50.3 Å². The molecule has 0 aromatic carbocycles. The Labute approximate surface area is 148 Å². The molecule has 26 heavy (non-hydrogen) atoms. The number of aliphatic carboxylic acids is 1. The number of rotatable bonds is 6. The highest BCUT2D eigenvalue weighted by atomic mass is 32.2. The maximum absolute atomic E-state index is 13.0. The number of aromatic nitrogens is 1. The molecule has 0 unspecified atom stereocenters. The van der Waals surface area contributed by atoms with E-state index in [0.717, 1.165) is 19.0 Å². The van der Waals surface area contributed by atoms with Crippen molar-refractivity contribution in [1.82, 2.24) is 9.71 Å². The summed E-state index contributed by atoms with van der Waals surface area (Å²) in [6, 6.07) is 2.55. The number of carbonyl (C=O) groups is 1. The predicted octanol–water partition coefficient (Wildman–Crippen LogP) is 1.47. The monoisotopic (exact) mass is 393 g/mol. The van der Waals surface area contributed by atoms with Gasteiger partial charge in [0.15, 0.2) is 0 Å². The molecule has 1 saturated carbocycles. The minimum absolute atomic E-state index is 0.0803. The van der Waals surface area contributed by atoms with Crippen molar-refractivity contribution < 1.29 is 31.5 Å².